The molecule has 0 spiro atoms. The van der Waals surface area contributed by atoms with Crippen molar-refractivity contribution >= 4 is 55.7 Å². The van der Waals surface area contributed by atoms with Crippen LogP contribution in [-0.2, 0) is 19.6 Å². The largest absolute Gasteiger partial charge is 0.464 e. The van der Waals surface area contributed by atoms with Crippen LogP contribution in [0, 0.1) is 6.92 Å². The number of anilines is 1. The Morgan fingerprint density at radius 1 is 1.08 bits per heavy atom. The normalized spacial score (nSPS) is 11.6. The van der Waals surface area contributed by atoms with Crippen molar-refractivity contribution in [2.24, 2.45) is 0 Å². The monoisotopic (exact) mass is 547 g/mol. The first-order chi connectivity index (χ1) is 17.2. The van der Waals surface area contributed by atoms with Crippen LogP contribution in [0.5, 0.6) is 0 Å². The minimum atomic E-state index is -4.36. The molecule has 0 fully saturated rings. The lowest BCUT2D eigenvalue weighted by atomic mass is 10.0. The number of fused-ring (bicyclic) bond motifs is 1. The summed E-state index contributed by atoms with van der Waals surface area (Å²) >= 11 is 12.3. The molecule has 0 amide bonds. The summed E-state index contributed by atoms with van der Waals surface area (Å²) in [6, 6.07) is 14.7. The smallest absolute Gasteiger partial charge is 0.326 e. The summed E-state index contributed by atoms with van der Waals surface area (Å²) in [7, 11) is -4.36. The molecule has 0 bridgehead atoms. The van der Waals surface area contributed by atoms with Crippen molar-refractivity contribution in [3.8, 4) is 11.4 Å². The molecule has 11 heteroatoms. The average molecular weight is 548 g/mol. The number of carbonyl (C=O) groups excluding carboxylic acids is 1. The molecule has 188 valence electrons. The van der Waals surface area contributed by atoms with Crippen molar-refractivity contribution < 1.29 is 22.5 Å². The van der Waals surface area contributed by atoms with Gasteiger partial charge in [-0.05, 0) is 36.1 Å². The summed E-state index contributed by atoms with van der Waals surface area (Å²) in [5, 5.41) is 5.58. The van der Waals surface area contributed by atoms with Gasteiger partial charge in [0.1, 0.15) is 6.54 Å². The number of hydrogen-bond acceptors (Lipinski definition) is 7. The molecule has 0 atom stereocenters. The molecule has 36 heavy (non-hydrogen) atoms. The Morgan fingerprint density at radius 2 is 1.81 bits per heavy atom. The van der Waals surface area contributed by atoms with E-state index in [1.807, 2.05) is 25.1 Å². The summed E-state index contributed by atoms with van der Waals surface area (Å²) in [6.07, 6.45) is 1.48. The maximum Gasteiger partial charge on any atom is 0.326 e. The van der Waals surface area contributed by atoms with Crippen LogP contribution in [0.4, 0.5) is 5.69 Å². The summed E-state index contributed by atoms with van der Waals surface area (Å²) in [5.41, 5.74) is 0.570. The fourth-order valence-corrected chi connectivity index (χ4v) is 5.87. The van der Waals surface area contributed by atoms with Crippen LogP contribution < -0.4 is 4.31 Å². The third-order valence-corrected chi connectivity index (χ3v) is 7.54. The average Bonchev–Trinajstić information content (AvgIpc) is 3.27. The zero-order valence-corrected chi connectivity index (χ0v) is 21.9. The van der Waals surface area contributed by atoms with Crippen LogP contribution in [-0.4, -0.2) is 37.7 Å². The van der Waals surface area contributed by atoms with Crippen molar-refractivity contribution in [3.05, 3.63) is 70.5 Å². The first-order valence-electron chi connectivity index (χ1n) is 11.2. The molecule has 0 N–H and O–H groups in total. The van der Waals surface area contributed by atoms with Crippen molar-refractivity contribution in [2.45, 2.75) is 31.6 Å². The lowest BCUT2D eigenvalue weighted by molar-refractivity contribution is -0.141. The van der Waals surface area contributed by atoms with Crippen LogP contribution in [0.2, 0.25) is 10.0 Å². The molecule has 1 heterocycles. The number of carbonyl (C=O) groups is 1. The van der Waals surface area contributed by atoms with Crippen molar-refractivity contribution in [1.29, 1.82) is 0 Å². The lowest BCUT2D eigenvalue weighted by Gasteiger charge is -2.27. The van der Waals surface area contributed by atoms with Crippen LogP contribution >= 0.6 is 23.2 Å². The molecule has 3 aromatic carbocycles. The highest BCUT2D eigenvalue weighted by Crippen LogP contribution is 2.39. The van der Waals surface area contributed by atoms with Gasteiger partial charge >= 0.3 is 5.97 Å². The van der Waals surface area contributed by atoms with Crippen molar-refractivity contribution in [2.75, 3.05) is 17.5 Å². The second kappa shape index (κ2) is 10.9. The number of aromatic nitrogens is 2. The number of rotatable bonds is 9. The van der Waals surface area contributed by atoms with Gasteiger partial charge in [-0.15, -0.1) is 0 Å². The van der Waals surface area contributed by atoms with Gasteiger partial charge in [-0.3, -0.25) is 9.10 Å². The van der Waals surface area contributed by atoms with E-state index in [1.165, 1.54) is 18.2 Å². The molecular formula is C25H23Cl2N3O5S. The van der Waals surface area contributed by atoms with Gasteiger partial charge in [-0.25, -0.2) is 8.42 Å². The molecule has 0 saturated heterocycles. The summed E-state index contributed by atoms with van der Waals surface area (Å²) in [6.45, 7) is 3.18. The Kier molecular flexibility index (Phi) is 7.82. The summed E-state index contributed by atoms with van der Waals surface area (Å²) < 4.78 is 39.6. The third kappa shape index (κ3) is 5.48. The Bertz CT molecular complexity index is 1500. The highest BCUT2D eigenvalue weighted by Gasteiger charge is 2.32. The van der Waals surface area contributed by atoms with Gasteiger partial charge < -0.3 is 9.26 Å². The Hall–Kier alpha value is -3.14. The maximum absolute atomic E-state index is 14.1. The number of ether oxygens (including phenoxy) is 1. The molecule has 0 radical (unpaired) electrons. The second-order valence-corrected chi connectivity index (χ2v) is 10.7. The van der Waals surface area contributed by atoms with E-state index >= 15 is 0 Å². The fraction of sp³-hybridized carbons (Fsp3) is 0.240. The van der Waals surface area contributed by atoms with Gasteiger partial charge in [0.05, 0.1) is 17.2 Å². The van der Waals surface area contributed by atoms with E-state index in [0.717, 1.165) is 16.1 Å². The number of benzene rings is 3. The molecule has 0 saturated carbocycles. The quantitative estimate of drug-likeness (QED) is 0.186. The predicted octanol–water partition coefficient (Wildman–Crippen LogP) is 6.04. The molecule has 0 aliphatic heterocycles. The molecule has 4 aromatic rings. The van der Waals surface area contributed by atoms with E-state index in [0.29, 0.717) is 23.3 Å². The molecule has 0 aliphatic carbocycles. The highest BCUT2D eigenvalue weighted by atomic mass is 35.5. The Balaban J connectivity index is 1.96. The number of halogens is 2. The standard InChI is InChI=1S/C25H23Cl2N3O5S/c1-3-4-11-34-23(31)15-30(36(32,33)20-13-18(26)12-19(27)14-20)24-21-8-6-5-7-17(21)9-10-22(24)25-28-16(2)35-29-25/h5-10,12-14H,3-4,11,15H2,1-2H3. The van der Waals surface area contributed by atoms with Gasteiger partial charge in [0, 0.05) is 27.9 Å². The first-order valence-corrected chi connectivity index (χ1v) is 13.4. The van der Waals surface area contributed by atoms with Crippen LogP contribution in [0.15, 0.2) is 64.0 Å². The predicted molar refractivity (Wildman–Crippen MR) is 139 cm³/mol. The van der Waals surface area contributed by atoms with E-state index in [9.17, 15) is 13.2 Å². The number of aryl methyl sites for hydroxylation is 1. The zero-order valence-electron chi connectivity index (χ0n) is 19.6. The highest BCUT2D eigenvalue weighted by molar-refractivity contribution is 7.93. The number of sulfonamides is 1. The Labute approximate surface area is 218 Å². The van der Waals surface area contributed by atoms with Crippen LogP contribution in [0.3, 0.4) is 0 Å². The minimum Gasteiger partial charge on any atom is -0.464 e. The van der Waals surface area contributed by atoms with Gasteiger partial charge in [-0.1, -0.05) is 72.0 Å². The Morgan fingerprint density at radius 3 is 2.47 bits per heavy atom. The number of unbranched alkanes of at least 4 members (excludes halogenated alkanes) is 1. The zero-order chi connectivity index (χ0) is 25.9. The molecular weight excluding hydrogens is 525 g/mol. The second-order valence-electron chi connectivity index (χ2n) is 8.01. The van der Waals surface area contributed by atoms with E-state index in [4.69, 9.17) is 32.5 Å². The SMILES string of the molecule is CCCCOC(=O)CN(c1c(-c2noc(C)n2)ccc2ccccc12)S(=O)(=O)c1cc(Cl)cc(Cl)c1. The molecule has 0 unspecified atom stereocenters. The lowest BCUT2D eigenvalue weighted by Crippen LogP contribution is -2.37. The van der Waals surface area contributed by atoms with Crippen LogP contribution in [0.25, 0.3) is 22.2 Å². The van der Waals surface area contributed by atoms with E-state index < -0.39 is 22.5 Å². The minimum absolute atomic E-state index is 0.137. The van der Waals surface area contributed by atoms with Gasteiger partial charge in [-0.2, -0.15) is 4.98 Å². The van der Waals surface area contributed by atoms with Gasteiger partial charge in [0.2, 0.25) is 11.7 Å². The third-order valence-electron chi connectivity index (χ3n) is 5.38. The van der Waals surface area contributed by atoms with E-state index in [2.05, 4.69) is 10.1 Å². The molecule has 1 aromatic heterocycles. The van der Waals surface area contributed by atoms with E-state index in [-0.39, 0.29) is 33.1 Å². The van der Waals surface area contributed by atoms with E-state index in [1.54, 1.807) is 25.1 Å². The molecule has 8 nitrogen and oxygen atoms in total. The molecule has 4 rings (SSSR count). The van der Waals surface area contributed by atoms with Gasteiger partial charge in [0.25, 0.3) is 10.0 Å². The summed E-state index contributed by atoms with van der Waals surface area (Å²) in [4.78, 5) is 17.0. The number of nitrogens with zero attached hydrogens (tertiary/aromatic N) is 3. The summed E-state index contributed by atoms with van der Waals surface area (Å²) in [5.74, 6) is -0.223. The number of hydrogen-bond donors (Lipinski definition) is 0. The maximum atomic E-state index is 14.1. The van der Waals surface area contributed by atoms with Crippen LogP contribution in [0.1, 0.15) is 25.7 Å². The van der Waals surface area contributed by atoms with Crippen molar-refractivity contribution in [3.63, 3.8) is 0 Å². The molecule has 0 aliphatic rings. The van der Waals surface area contributed by atoms with Gasteiger partial charge in [0.15, 0.2) is 0 Å². The first kappa shape index (κ1) is 25.9. The fourth-order valence-electron chi connectivity index (χ4n) is 3.70. The number of esters is 1. The topological polar surface area (TPSA) is 103 Å². The van der Waals surface area contributed by atoms with Crippen molar-refractivity contribution in [1.82, 2.24) is 10.1 Å².